The molecule has 3 aromatic carbocycles. The number of amides is 1. The van der Waals surface area contributed by atoms with Crippen molar-refractivity contribution in [2.24, 2.45) is 4.99 Å². The summed E-state index contributed by atoms with van der Waals surface area (Å²) in [6, 6.07) is 21.5. The Morgan fingerprint density at radius 1 is 0.903 bits per heavy atom. The van der Waals surface area contributed by atoms with Crippen molar-refractivity contribution < 1.29 is 14.3 Å². The summed E-state index contributed by atoms with van der Waals surface area (Å²) < 4.78 is 10.8. The zero-order valence-electron chi connectivity index (χ0n) is 17.2. The Bertz CT molecular complexity index is 1210. The lowest BCUT2D eigenvalue weighted by Gasteiger charge is -2.16. The SMILES string of the molecule is Cc1ccc(N=C2S/C(=C/c3ccc4c(c3)OCO4)C(=O)N2c2ccc(C)cc2)cc1. The number of aliphatic imine (C=N–C) groups is 1. The molecular weight excluding hydrogens is 408 g/mol. The lowest BCUT2D eigenvalue weighted by molar-refractivity contribution is -0.113. The molecular formula is C25H20N2O3S. The third-order valence-electron chi connectivity index (χ3n) is 5.05. The zero-order valence-corrected chi connectivity index (χ0v) is 18.0. The molecule has 5 nitrogen and oxygen atoms in total. The predicted octanol–water partition coefficient (Wildman–Crippen LogP) is 5.84. The van der Waals surface area contributed by atoms with Crippen molar-refractivity contribution in [1.82, 2.24) is 0 Å². The number of benzene rings is 3. The van der Waals surface area contributed by atoms with Gasteiger partial charge in [-0.2, -0.15) is 0 Å². The Labute approximate surface area is 185 Å². The van der Waals surface area contributed by atoms with E-state index in [9.17, 15) is 4.79 Å². The molecule has 1 amide bonds. The second kappa shape index (κ2) is 7.96. The molecule has 154 valence electrons. The van der Waals surface area contributed by atoms with E-state index >= 15 is 0 Å². The molecule has 0 spiro atoms. The molecule has 2 heterocycles. The largest absolute Gasteiger partial charge is 0.454 e. The summed E-state index contributed by atoms with van der Waals surface area (Å²) >= 11 is 1.37. The summed E-state index contributed by atoms with van der Waals surface area (Å²) in [4.78, 5) is 20.4. The van der Waals surface area contributed by atoms with Gasteiger partial charge < -0.3 is 9.47 Å². The van der Waals surface area contributed by atoms with E-state index in [1.54, 1.807) is 4.90 Å². The van der Waals surface area contributed by atoms with E-state index in [1.165, 1.54) is 11.8 Å². The van der Waals surface area contributed by atoms with Crippen LogP contribution in [-0.4, -0.2) is 17.9 Å². The molecule has 1 saturated heterocycles. The average Bonchev–Trinajstić information content (AvgIpc) is 3.35. The first-order chi connectivity index (χ1) is 15.1. The maximum Gasteiger partial charge on any atom is 0.271 e. The molecule has 31 heavy (non-hydrogen) atoms. The highest BCUT2D eigenvalue weighted by Crippen LogP contribution is 2.39. The molecule has 0 aromatic heterocycles. The van der Waals surface area contributed by atoms with Crippen molar-refractivity contribution in [2.75, 3.05) is 11.7 Å². The van der Waals surface area contributed by atoms with Gasteiger partial charge in [-0.15, -0.1) is 0 Å². The lowest BCUT2D eigenvalue weighted by Crippen LogP contribution is -2.28. The highest BCUT2D eigenvalue weighted by molar-refractivity contribution is 8.19. The number of hydrogen-bond donors (Lipinski definition) is 0. The van der Waals surface area contributed by atoms with E-state index in [2.05, 4.69) is 0 Å². The van der Waals surface area contributed by atoms with Gasteiger partial charge in [0.15, 0.2) is 16.7 Å². The van der Waals surface area contributed by atoms with Gasteiger partial charge in [-0.05, 0) is 73.6 Å². The number of thioether (sulfide) groups is 1. The van der Waals surface area contributed by atoms with E-state index in [4.69, 9.17) is 14.5 Å². The fourth-order valence-electron chi connectivity index (χ4n) is 3.35. The number of anilines is 1. The van der Waals surface area contributed by atoms with Gasteiger partial charge in [0.1, 0.15) is 0 Å². The van der Waals surface area contributed by atoms with Crippen molar-refractivity contribution in [3.05, 3.63) is 88.3 Å². The molecule has 2 aliphatic rings. The molecule has 3 aromatic rings. The first-order valence-electron chi connectivity index (χ1n) is 9.92. The number of aryl methyl sites for hydroxylation is 2. The predicted molar refractivity (Wildman–Crippen MR) is 125 cm³/mol. The molecule has 0 unspecified atom stereocenters. The molecule has 0 bridgehead atoms. The number of nitrogens with zero attached hydrogens (tertiary/aromatic N) is 2. The molecule has 2 aliphatic heterocycles. The second-order valence-corrected chi connectivity index (χ2v) is 8.44. The van der Waals surface area contributed by atoms with Crippen molar-refractivity contribution in [1.29, 1.82) is 0 Å². The minimum Gasteiger partial charge on any atom is -0.454 e. The van der Waals surface area contributed by atoms with Gasteiger partial charge in [0.25, 0.3) is 5.91 Å². The fourth-order valence-corrected chi connectivity index (χ4v) is 4.36. The van der Waals surface area contributed by atoms with Gasteiger partial charge >= 0.3 is 0 Å². The summed E-state index contributed by atoms with van der Waals surface area (Å²) in [6.45, 7) is 4.28. The van der Waals surface area contributed by atoms with Crippen LogP contribution in [0.25, 0.3) is 6.08 Å². The van der Waals surface area contributed by atoms with Crippen LogP contribution in [0, 0.1) is 13.8 Å². The van der Waals surface area contributed by atoms with Crippen LogP contribution >= 0.6 is 11.8 Å². The molecule has 0 atom stereocenters. The maximum atomic E-state index is 13.4. The van der Waals surface area contributed by atoms with Crippen LogP contribution in [0.5, 0.6) is 11.5 Å². The summed E-state index contributed by atoms with van der Waals surface area (Å²) in [5, 5.41) is 0.629. The van der Waals surface area contributed by atoms with E-state index in [-0.39, 0.29) is 12.7 Å². The number of hydrogen-bond acceptors (Lipinski definition) is 5. The van der Waals surface area contributed by atoms with Crippen LogP contribution in [0.15, 0.2) is 76.6 Å². The summed E-state index contributed by atoms with van der Waals surface area (Å²) in [5.41, 5.74) is 4.78. The average molecular weight is 429 g/mol. The topological polar surface area (TPSA) is 51.1 Å². The zero-order chi connectivity index (χ0) is 21.4. The van der Waals surface area contributed by atoms with Crippen LogP contribution < -0.4 is 14.4 Å². The maximum absolute atomic E-state index is 13.4. The van der Waals surface area contributed by atoms with E-state index in [0.717, 1.165) is 33.8 Å². The Morgan fingerprint density at radius 3 is 2.32 bits per heavy atom. The van der Waals surface area contributed by atoms with Crippen LogP contribution in [-0.2, 0) is 4.79 Å². The second-order valence-electron chi connectivity index (χ2n) is 7.43. The van der Waals surface area contributed by atoms with Crippen molar-refractivity contribution in [3.8, 4) is 11.5 Å². The third-order valence-corrected chi connectivity index (χ3v) is 6.02. The van der Waals surface area contributed by atoms with Gasteiger partial charge in [-0.1, -0.05) is 41.5 Å². The van der Waals surface area contributed by atoms with E-state index < -0.39 is 0 Å². The lowest BCUT2D eigenvalue weighted by atomic mass is 10.1. The number of carbonyl (C=O) groups excluding carboxylic acids is 1. The summed E-state index contributed by atoms with van der Waals surface area (Å²) in [7, 11) is 0. The van der Waals surface area contributed by atoms with Crippen LogP contribution in [0.2, 0.25) is 0 Å². The van der Waals surface area contributed by atoms with Crippen LogP contribution in [0.1, 0.15) is 16.7 Å². The Balaban J connectivity index is 1.54. The van der Waals surface area contributed by atoms with Crippen molar-refractivity contribution in [2.45, 2.75) is 13.8 Å². The number of rotatable bonds is 3. The Kier molecular flexibility index (Phi) is 5.00. The number of amidine groups is 1. The van der Waals surface area contributed by atoms with Crippen molar-refractivity contribution >= 4 is 40.3 Å². The molecule has 1 fully saturated rings. The van der Waals surface area contributed by atoms with Gasteiger partial charge in [0, 0.05) is 0 Å². The summed E-state index contributed by atoms with van der Waals surface area (Å²) in [6.07, 6.45) is 1.87. The van der Waals surface area contributed by atoms with Gasteiger partial charge in [0.05, 0.1) is 16.3 Å². The normalized spacial score (nSPS) is 17.7. The minimum atomic E-state index is -0.0996. The van der Waals surface area contributed by atoms with Crippen LogP contribution in [0.4, 0.5) is 11.4 Å². The molecule has 0 radical (unpaired) electrons. The first kappa shape index (κ1) is 19.5. The first-order valence-corrected chi connectivity index (χ1v) is 10.7. The van der Waals surface area contributed by atoms with Crippen molar-refractivity contribution in [3.63, 3.8) is 0 Å². The number of fused-ring (bicyclic) bond motifs is 1. The quantitative estimate of drug-likeness (QED) is 0.492. The monoisotopic (exact) mass is 428 g/mol. The molecule has 0 N–H and O–H groups in total. The standard InChI is InChI=1S/C25H20N2O3S/c1-16-3-8-19(9-4-16)26-25-27(20-10-5-17(2)6-11-20)24(28)23(31-25)14-18-7-12-21-22(13-18)30-15-29-21/h3-14H,15H2,1-2H3/b23-14+,26-25?. The van der Waals surface area contributed by atoms with Crippen LogP contribution in [0.3, 0.4) is 0 Å². The summed E-state index contributed by atoms with van der Waals surface area (Å²) in [5.74, 6) is 1.31. The van der Waals surface area contributed by atoms with E-state index in [0.29, 0.717) is 15.8 Å². The number of ether oxygens (including phenoxy) is 2. The van der Waals surface area contributed by atoms with Gasteiger partial charge in [0.2, 0.25) is 6.79 Å². The number of carbonyl (C=O) groups is 1. The van der Waals surface area contributed by atoms with Gasteiger partial charge in [-0.3, -0.25) is 9.69 Å². The Hall–Kier alpha value is -3.51. The highest BCUT2D eigenvalue weighted by atomic mass is 32.2. The minimum absolute atomic E-state index is 0.0996. The fraction of sp³-hybridized carbons (Fsp3) is 0.120. The highest BCUT2D eigenvalue weighted by Gasteiger charge is 2.34. The molecule has 6 heteroatoms. The molecule has 5 rings (SSSR count). The van der Waals surface area contributed by atoms with Gasteiger partial charge in [-0.25, -0.2) is 4.99 Å². The van der Waals surface area contributed by atoms with E-state index in [1.807, 2.05) is 86.7 Å². The third kappa shape index (κ3) is 3.94. The smallest absolute Gasteiger partial charge is 0.271 e. The molecule has 0 saturated carbocycles. The molecule has 0 aliphatic carbocycles. The Morgan fingerprint density at radius 2 is 1.58 bits per heavy atom.